The van der Waals surface area contributed by atoms with Crippen molar-refractivity contribution in [2.45, 2.75) is 25.7 Å². The maximum atomic E-state index is 11.7. The Balaban J connectivity index is 1.81. The summed E-state index contributed by atoms with van der Waals surface area (Å²) in [5.74, 6) is 0.0138. The lowest BCUT2D eigenvalue weighted by atomic mass is 10.2. The van der Waals surface area contributed by atoms with E-state index in [4.69, 9.17) is 18.9 Å². The average molecular weight is 399 g/mol. The van der Waals surface area contributed by atoms with Gasteiger partial charge in [-0.15, -0.1) is 0 Å². The molecule has 0 atom stereocenters. The van der Waals surface area contributed by atoms with Crippen LogP contribution in [0.3, 0.4) is 0 Å². The van der Waals surface area contributed by atoms with Gasteiger partial charge in [0.05, 0.1) is 46.2 Å². The number of carbonyl (C=O) groups excluding carboxylic acids is 2. The maximum Gasteiger partial charge on any atom is 0.251 e. The third-order valence-corrected chi connectivity index (χ3v) is 4.06. The molecule has 0 fully saturated rings. The molecular weight excluding hydrogens is 364 g/mol. The third kappa shape index (κ3) is 11.9. The van der Waals surface area contributed by atoms with Crippen molar-refractivity contribution in [3.8, 4) is 0 Å². The van der Waals surface area contributed by atoms with E-state index in [1.165, 1.54) is 6.08 Å². The fourth-order valence-corrected chi connectivity index (χ4v) is 2.51. The summed E-state index contributed by atoms with van der Waals surface area (Å²) in [7, 11) is 1.63. The van der Waals surface area contributed by atoms with E-state index in [0.29, 0.717) is 65.8 Å². The van der Waals surface area contributed by atoms with Crippen LogP contribution in [-0.2, 0) is 28.5 Å². The van der Waals surface area contributed by atoms with Gasteiger partial charge in [-0.25, -0.2) is 0 Å². The van der Waals surface area contributed by atoms with Crippen LogP contribution in [0.5, 0.6) is 0 Å². The highest BCUT2D eigenvalue weighted by Gasteiger charge is 2.17. The van der Waals surface area contributed by atoms with Crippen LogP contribution in [0.15, 0.2) is 24.4 Å². The number of carbonyl (C=O) groups is 2. The first-order valence-corrected chi connectivity index (χ1v) is 9.82. The van der Waals surface area contributed by atoms with E-state index in [-0.39, 0.29) is 11.8 Å². The van der Waals surface area contributed by atoms with Gasteiger partial charge in [-0.05, 0) is 18.9 Å². The number of allylic oxidation sites excluding steroid dienone is 1. The molecule has 8 nitrogen and oxygen atoms in total. The summed E-state index contributed by atoms with van der Waals surface area (Å²) in [6.07, 6.45) is 6.30. The second-order valence-corrected chi connectivity index (χ2v) is 6.31. The Bertz CT molecular complexity index is 477. The number of nitrogens with zero attached hydrogens (tertiary/aromatic N) is 1. The fourth-order valence-electron chi connectivity index (χ4n) is 2.51. The van der Waals surface area contributed by atoms with E-state index in [1.807, 2.05) is 0 Å². The van der Waals surface area contributed by atoms with Crippen molar-refractivity contribution < 1.29 is 28.5 Å². The first-order valence-electron chi connectivity index (χ1n) is 9.82. The van der Waals surface area contributed by atoms with Crippen LogP contribution >= 0.6 is 0 Å². The Morgan fingerprint density at radius 2 is 1.61 bits per heavy atom. The molecule has 0 bridgehead atoms. The summed E-state index contributed by atoms with van der Waals surface area (Å²) in [5.41, 5.74) is 0.739. The third-order valence-electron chi connectivity index (χ3n) is 4.06. The van der Waals surface area contributed by atoms with Gasteiger partial charge in [0, 0.05) is 38.4 Å². The van der Waals surface area contributed by atoms with Crippen LogP contribution < -0.4 is 5.32 Å². The van der Waals surface area contributed by atoms with Crippen molar-refractivity contribution in [1.82, 2.24) is 10.2 Å². The van der Waals surface area contributed by atoms with E-state index in [0.717, 1.165) is 25.0 Å². The minimum Gasteiger partial charge on any atom is -0.382 e. The first kappa shape index (κ1) is 24.3. The summed E-state index contributed by atoms with van der Waals surface area (Å²) in [6.45, 7) is 8.65. The molecule has 160 valence electrons. The number of unbranched alkanes of at least 4 members (excludes halogenated alkanes) is 2. The lowest BCUT2D eigenvalue weighted by Gasteiger charge is -2.16. The van der Waals surface area contributed by atoms with Gasteiger partial charge in [-0.1, -0.05) is 13.0 Å². The molecule has 8 heteroatoms. The van der Waals surface area contributed by atoms with Gasteiger partial charge >= 0.3 is 0 Å². The molecule has 0 aromatic heterocycles. The van der Waals surface area contributed by atoms with Gasteiger partial charge in [0.25, 0.3) is 5.91 Å². The lowest BCUT2D eigenvalue weighted by molar-refractivity contribution is -0.123. The number of ether oxygens (including phenoxy) is 4. The van der Waals surface area contributed by atoms with Gasteiger partial charge < -0.3 is 29.2 Å². The topological polar surface area (TPSA) is 86.3 Å². The molecule has 0 saturated carbocycles. The zero-order valence-electron chi connectivity index (χ0n) is 17.0. The molecule has 1 aliphatic heterocycles. The molecule has 0 spiro atoms. The Labute approximate surface area is 167 Å². The van der Waals surface area contributed by atoms with Gasteiger partial charge in [0.1, 0.15) is 0 Å². The molecule has 0 saturated heterocycles. The summed E-state index contributed by atoms with van der Waals surface area (Å²) in [4.78, 5) is 24.9. The maximum absolute atomic E-state index is 11.7. The van der Waals surface area contributed by atoms with E-state index in [2.05, 4.69) is 11.9 Å². The second-order valence-electron chi connectivity index (χ2n) is 6.31. The lowest BCUT2D eigenvalue weighted by Crippen LogP contribution is -2.27. The number of methoxy groups -OCH3 is 1. The fraction of sp³-hybridized carbons (Fsp3) is 0.700. The van der Waals surface area contributed by atoms with Crippen LogP contribution in [0.1, 0.15) is 25.7 Å². The molecular formula is C20H34N2O6. The SMILES string of the molecule is C=C1C=CC(=O)N1CCCCCC(=O)NCCOCCOCCOCCOC. The van der Waals surface area contributed by atoms with Crippen molar-refractivity contribution in [3.05, 3.63) is 24.4 Å². The smallest absolute Gasteiger partial charge is 0.251 e. The van der Waals surface area contributed by atoms with Crippen molar-refractivity contribution in [2.75, 3.05) is 66.4 Å². The van der Waals surface area contributed by atoms with E-state index >= 15 is 0 Å². The van der Waals surface area contributed by atoms with Crippen molar-refractivity contribution in [2.24, 2.45) is 0 Å². The van der Waals surface area contributed by atoms with Crippen LogP contribution in [0, 0.1) is 0 Å². The Morgan fingerprint density at radius 1 is 0.964 bits per heavy atom. The minimum absolute atomic E-state index is 0.0106. The van der Waals surface area contributed by atoms with Crippen molar-refractivity contribution in [3.63, 3.8) is 0 Å². The van der Waals surface area contributed by atoms with Crippen LogP contribution in [0.4, 0.5) is 0 Å². The molecule has 1 aliphatic rings. The standard InChI is InChI=1S/C20H34N2O6/c1-18-7-8-20(24)22(18)10-5-3-4-6-19(23)21-9-11-26-14-15-28-17-16-27-13-12-25-2/h7-8H,1,3-6,9-17H2,2H3,(H,21,23). The summed E-state index contributed by atoms with van der Waals surface area (Å²) in [6, 6.07) is 0. The summed E-state index contributed by atoms with van der Waals surface area (Å²) in [5, 5.41) is 2.83. The zero-order valence-corrected chi connectivity index (χ0v) is 17.0. The van der Waals surface area contributed by atoms with Gasteiger partial charge in [0.15, 0.2) is 0 Å². The van der Waals surface area contributed by atoms with E-state index in [9.17, 15) is 9.59 Å². The second kappa shape index (κ2) is 16.2. The molecule has 1 N–H and O–H groups in total. The molecule has 1 rings (SSSR count). The zero-order chi connectivity index (χ0) is 20.5. The molecule has 1 heterocycles. The van der Waals surface area contributed by atoms with Crippen LogP contribution in [-0.4, -0.2) is 83.2 Å². The molecule has 2 amide bonds. The highest BCUT2D eigenvalue weighted by Crippen LogP contribution is 2.14. The highest BCUT2D eigenvalue weighted by molar-refractivity contribution is 5.92. The molecule has 0 aromatic rings. The number of hydrogen-bond donors (Lipinski definition) is 1. The quantitative estimate of drug-likeness (QED) is 0.350. The monoisotopic (exact) mass is 398 g/mol. The van der Waals surface area contributed by atoms with Crippen molar-refractivity contribution in [1.29, 1.82) is 0 Å². The minimum atomic E-state index is -0.0106. The number of nitrogens with one attached hydrogen (secondary N) is 1. The molecule has 0 unspecified atom stereocenters. The molecule has 28 heavy (non-hydrogen) atoms. The Morgan fingerprint density at radius 3 is 2.21 bits per heavy atom. The number of rotatable bonds is 18. The summed E-state index contributed by atoms with van der Waals surface area (Å²) >= 11 is 0. The first-order chi connectivity index (χ1) is 13.6. The van der Waals surface area contributed by atoms with Gasteiger partial charge in [0.2, 0.25) is 5.91 Å². The van der Waals surface area contributed by atoms with Gasteiger partial charge in [-0.2, -0.15) is 0 Å². The number of hydrogen-bond acceptors (Lipinski definition) is 6. The summed E-state index contributed by atoms with van der Waals surface area (Å²) < 4.78 is 20.9. The van der Waals surface area contributed by atoms with E-state index < -0.39 is 0 Å². The predicted octanol–water partition coefficient (Wildman–Crippen LogP) is 1.27. The molecule has 0 radical (unpaired) electrons. The van der Waals surface area contributed by atoms with E-state index in [1.54, 1.807) is 18.1 Å². The van der Waals surface area contributed by atoms with Crippen LogP contribution in [0.25, 0.3) is 0 Å². The van der Waals surface area contributed by atoms with Crippen molar-refractivity contribution >= 4 is 11.8 Å². The average Bonchev–Trinajstić information content (AvgIpc) is 3.00. The largest absolute Gasteiger partial charge is 0.382 e. The number of amides is 2. The van der Waals surface area contributed by atoms with Gasteiger partial charge in [-0.3, -0.25) is 9.59 Å². The normalized spacial score (nSPS) is 13.5. The van der Waals surface area contributed by atoms with Crippen LogP contribution in [0.2, 0.25) is 0 Å². The Kier molecular flexibility index (Phi) is 14.1. The molecule has 0 aromatic carbocycles. The molecule has 0 aliphatic carbocycles. The highest BCUT2D eigenvalue weighted by atomic mass is 16.6. The predicted molar refractivity (Wildman–Crippen MR) is 106 cm³/mol. The Hall–Kier alpha value is -1.74.